The van der Waals surface area contributed by atoms with E-state index in [1.54, 1.807) is 22.4 Å². The number of fused-ring (bicyclic) bond motifs is 1. The van der Waals surface area contributed by atoms with Gasteiger partial charge in [0.15, 0.2) is 5.16 Å². The zero-order valence-corrected chi connectivity index (χ0v) is 16.3. The minimum absolute atomic E-state index is 0.00411. The number of benzene rings is 2. The maximum Gasteiger partial charge on any atom is 0.263 e. The van der Waals surface area contributed by atoms with Crippen molar-refractivity contribution >= 4 is 33.3 Å². The van der Waals surface area contributed by atoms with Crippen molar-refractivity contribution in [2.45, 2.75) is 17.5 Å². The highest BCUT2D eigenvalue weighted by Crippen LogP contribution is 2.32. The van der Waals surface area contributed by atoms with Crippen LogP contribution in [-0.2, 0) is 12.3 Å². The largest absolute Gasteiger partial charge is 0.283 e. The Morgan fingerprint density at radius 1 is 1.07 bits per heavy atom. The van der Waals surface area contributed by atoms with Crippen molar-refractivity contribution in [2.75, 3.05) is 0 Å². The first-order valence-electron chi connectivity index (χ1n) is 8.63. The van der Waals surface area contributed by atoms with E-state index in [1.165, 1.54) is 16.9 Å². The molecule has 0 saturated carbocycles. The van der Waals surface area contributed by atoms with Gasteiger partial charge in [-0.3, -0.25) is 9.36 Å². The highest BCUT2D eigenvalue weighted by atomic mass is 32.2. The highest BCUT2D eigenvalue weighted by molar-refractivity contribution is 7.98. The van der Waals surface area contributed by atoms with Gasteiger partial charge in [0.05, 0.1) is 5.39 Å². The number of thioether (sulfide) groups is 1. The molecule has 2 aromatic carbocycles. The van der Waals surface area contributed by atoms with Crippen LogP contribution in [0.1, 0.15) is 5.56 Å². The number of thiophene rings is 1. The van der Waals surface area contributed by atoms with Gasteiger partial charge >= 0.3 is 0 Å². The van der Waals surface area contributed by atoms with Crippen LogP contribution >= 0.6 is 23.1 Å². The standard InChI is InChI=1S/C22H18N2OS2/c1-2-13-24-21(25)19-18(17-11-7-4-8-12-17)15-26-20(19)23-22(24)27-14-16-9-5-3-6-10-16/h2-12,15H,1,13-14H2. The van der Waals surface area contributed by atoms with Crippen molar-refractivity contribution in [1.29, 1.82) is 0 Å². The van der Waals surface area contributed by atoms with Crippen LogP contribution in [0.3, 0.4) is 0 Å². The lowest BCUT2D eigenvalue weighted by atomic mass is 10.1. The molecule has 5 heteroatoms. The summed E-state index contributed by atoms with van der Waals surface area (Å²) < 4.78 is 1.72. The van der Waals surface area contributed by atoms with Crippen molar-refractivity contribution in [1.82, 2.24) is 9.55 Å². The molecule has 4 rings (SSSR count). The monoisotopic (exact) mass is 390 g/mol. The summed E-state index contributed by atoms with van der Waals surface area (Å²) in [6.07, 6.45) is 1.75. The van der Waals surface area contributed by atoms with Crippen molar-refractivity contribution in [3.8, 4) is 11.1 Å². The Bertz CT molecular complexity index is 1130. The van der Waals surface area contributed by atoms with Gasteiger partial charge in [0.25, 0.3) is 5.56 Å². The highest BCUT2D eigenvalue weighted by Gasteiger charge is 2.16. The molecule has 0 bridgehead atoms. The van der Waals surface area contributed by atoms with Gasteiger partial charge in [-0.2, -0.15) is 0 Å². The topological polar surface area (TPSA) is 34.9 Å². The average Bonchev–Trinajstić information content (AvgIpc) is 3.14. The van der Waals surface area contributed by atoms with E-state index >= 15 is 0 Å². The molecule has 0 aliphatic carbocycles. The van der Waals surface area contributed by atoms with Crippen LogP contribution in [0.25, 0.3) is 21.3 Å². The van der Waals surface area contributed by atoms with Crippen molar-refractivity contribution in [3.63, 3.8) is 0 Å². The third-order valence-corrected chi connectivity index (χ3v) is 6.19. The maximum atomic E-state index is 13.3. The van der Waals surface area contributed by atoms with E-state index in [-0.39, 0.29) is 5.56 Å². The molecule has 0 aliphatic rings. The Morgan fingerprint density at radius 3 is 2.48 bits per heavy atom. The van der Waals surface area contributed by atoms with Gasteiger partial charge < -0.3 is 0 Å². The van der Waals surface area contributed by atoms with Gasteiger partial charge in [-0.25, -0.2) is 4.98 Å². The van der Waals surface area contributed by atoms with E-state index in [2.05, 4.69) is 18.7 Å². The summed E-state index contributed by atoms with van der Waals surface area (Å²) in [6.45, 7) is 4.26. The van der Waals surface area contributed by atoms with Gasteiger partial charge in [0.2, 0.25) is 0 Å². The first-order valence-corrected chi connectivity index (χ1v) is 10.5. The number of nitrogens with zero attached hydrogens (tertiary/aromatic N) is 2. The van der Waals surface area contributed by atoms with E-state index in [9.17, 15) is 4.79 Å². The summed E-state index contributed by atoms with van der Waals surface area (Å²) in [7, 11) is 0. The van der Waals surface area contributed by atoms with Crippen LogP contribution in [-0.4, -0.2) is 9.55 Å². The van der Waals surface area contributed by atoms with Crippen LogP contribution in [0, 0.1) is 0 Å². The first kappa shape index (κ1) is 17.8. The second-order valence-electron chi connectivity index (χ2n) is 6.07. The lowest BCUT2D eigenvalue weighted by molar-refractivity contribution is 0.673. The first-order chi connectivity index (χ1) is 13.3. The summed E-state index contributed by atoms with van der Waals surface area (Å²) in [5, 5.41) is 3.45. The molecule has 3 nitrogen and oxygen atoms in total. The molecular weight excluding hydrogens is 372 g/mol. The predicted molar refractivity (Wildman–Crippen MR) is 116 cm³/mol. The molecule has 27 heavy (non-hydrogen) atoms. The van der Waals surface area contributed by atoms with E-state index in [4.69, 9.17) is 4.98 Å². The maximum absolute atomic E-state index is 13.3. The van der Waals surface area contributed by atoms with Gasteiger partial charge in [-0.05, 0) is 11.1 Å². The van der Waals surface area contributed by atoms with E-state index in [0.29, 0.717) is 11.9 Å². The predicted octanol–water partition coefficient (Wildman–Crippen LogP) is 5.60. The fourth-order valence-electron chi connectivity index (χ4n) is 2.96. The van der Waals surface area contributed by atoms with Crippen LogP contribution in [0.4, 0.5) is 0 Å². The number of aromatic nitrogens is 2. The minimum Gasteiger partial charge on any atom is -0.283 e. The zero-order valence-electron chi connectivity index (χ0n) is 14.7. The van der Waals surface area contributed by atoms with Gasteiger partial charge in [0, 0.05) is 23.2 Å². The molecule has 0 radical (unpaired) electrons. The second kappa shape index (κ2) is 7.94. The fraction of sp³-hybridized carbons (Fsp3) is 0.0909. The summed E-state index contributed by atoms with van der Waals surface area (Å²) in [5.74, 6) is 0.771. The van der Waals surface area contributed by atoms with Crippen molar-refractivity contribution < 1.29 is 0 Å². The molecule has 0 spiro atoms. The lowest BCUT2D eigenvalue weighted by Gasteiger charge is -2.11. The molecule has 0 saturated heterocycles. The Labute approximate surface area is 166 Å². The Morgan fingerprint density at radius 2 is 1.78 bits per heavy atom. The molecule has 0 atom stereocenters. The minimum atomic E-state index is -0.00411. The molecule has 0 unspecified atom stereocenters. The van der Waals surface area contributed by atoms with E-state index in [1.807, 2.05) is 53.9 Å². The molecule has 0 amide bonds. The smallest absolute Gasteiger partial charge is 0.263 e. The Hall–Kier alpha value is -2.63. The van der Waals surface area contributed by atoms with E-state index < -0.39 is 0 Å². The van der Waals surface area contributed by atoms with Crippen LogP contribution in [0.15, 0.2) is 88.6 Å². The van der Waals surface area contributed by atoms with Crippen molar-refractivity contribution in [2.24, 2.45) is 0 Å². The molecule has 0 fully saturated rings. The molecule has 134 valence electrons. The normalized spacial score (nSPS) is 11.0. The molecule has 0 aliphatic heterocycles. The van der Waals surface area contributed by atoms with Gasteiger partial charge in [-0.1, -0.05) is 78.5 Å². The number of allylic oxidation sites excluding steroid dienone is 1. The van der Waals surface area contributed by atoms with Gasteiger partial charge in [0.1, 0.15) is 4.83 Å². The van der Waals surface area contributed by atoms with Crippen molar-refractivity contribution in [3.05, 3.63) is 94.6 Å². The number of hydrogen-bond acceptors (Lipinski definition) is 4. The molecule has 4 aromatic rings. The summed E-state index contributed by atoms with van der Waals surface area (Å²) in [6, 6.07) is 20.2. The zero-order chi connectivity index (χ0) is 18.6. The summed E-state index contributed by atoms with van der Waals surface area (Å²) in [4.78, 5) is 18.9. The summed E-state index contributed by atoms with van der Waals surface area (Å²) in [5.41, 5.74) is 3.19. The quantitative estimate of drug-likeness (QED) is 0.244. The Kier molecular flexibility index (Phi) is 5.23. The van der Waals surface area contributed by atoms with E-state index in [0.717, 1.165) is 26.9 Å². The molecular formula is C22H18N2OS2. The molecule has 2 aromatic heterocycles. The Balaban J connectivity index is 1.80. The number of rotatable bonds is 6. The van der Waals surface area contributed by atoms with Crippen LogP contribution in [0.5, 0.6) is 0 Å². The van der Waals surface area contributed by atoms with Crippen LogP contribution in [0.2, 0.25) is 0 Å². The van der Waals surface area contributed by atoms with Crippen LogP contribution < -0.4 is 5.56 Å². The lowest BCUT2D eigenvalue weighted by Crippen LogP contribution is -2.22. The SMILES string of the molecule is C=CCn1c(SCc2ccccc2)nc2scc(-c3ccccc3)c2c1=O. The third-order valence-electron chi connectivity index (χ3n) is 4.27. The average molecular weight is 391 g/mol. The van der Waals surface area contributed by atoms with Gasteiger partial charge in [-0.15, -0.1) is 17.9 Å². The summed E-state index contributed by atoms with van der Waals surface area (Å²) >= 11 is 3.11. The second-order valence-corrected chi connectivity index (χ2v) is 7.87. The molecule has 0 N–H and O–H groups in total. The number of hydrogen-bond donors (Lipinski definition) is 0. The third kappa shape index (κ3) is 3.61. The molecule has 2 heterocycles. The fourth-order valence-corrected chi connectivity index (χ4v) is 4.91.